The minimum Gasteiger partial charge on any atom is -0.384 e. The molecule has 32 heavy (non-hydrogen) atoms. The summed E-state index contributed by atoms with van der Waals surface area (Å²) in [6.07, 6.45) is 2.67. The number of Topliss-reactive ketones (excluding diaryl/α,β-unsaturated/α-hetero) is 1. The van der Waals surface area contributed by atoms with Crippen molar-refractivity contribution in [1.29, 1.82) is 5.26 Å². The number of non-ortho nitro benzene ring substituents is 1. The average molecular weight is 469 g/mol. The minimum atomic E-state index is -0.665. The predicted octanol–water partition coefficient (Wildman–Crippen LogP) is 4.25. The Morgan fingerprint density at radius 2 is 2.09 bits per heavy atom. The number of anilines is 1. The molecular formula is C21H20N6O3S2. The number of rotatable bonds is 6. The Hall–Kier alpha value is -3.23. The van der Waals surface area contributed by atoms with Gasteiger partial charge in [0.15, 0.2) is 10.1 Å². The highest BCUT2D eigenvalue weighted by Gasteiger charge is 2.41. The fraction of sp³-hybridized carbons (Fsp3) is 0.333. The standard InChI is InChI=1S/C21H20N6O3S2/c1-2-10-31-21-25-24-20(32-21)26-15-4-3-5-16(28)18(15)17(14(11-22)19(26)23)12-6-8-13(9-7-12)27(29)30/h6-9,17H,2-5,10,23H2,1H3. The Kier molecular flexibility index (Phi) is 6.25. The number of nitrogens with zero attached hydrogens (tertiary/aromatic N) is 5. The average Bonchev–Trinajstić information content (AvgIpc) is 3.25. The van der Waals surface area contributed by atoms with Crippen LogP contribution in [0.3, 0.4) is 0 Å². The summed E-state index contributed by atoms with van der Waals surface area (Å²) in [5.74, 6) is 0.414. The second kappa shape index (κ2) is 9.10. The maximum Gasteiger partial charge on any atom is 0.269 e. The van der Waals surface area contributed by atoms with Crippen LogP contribution in [0, 0.1) is 21.4 Å². The van der Waals surface area contributed by atoms with E-state index in [9.17, 15) is 20.2 Å². The van der Waals surface area contributed by atoms with Gasteiger partial charge in [0.05, 0.1) is 22.5 Å². The molecule has 0 amide bonds. The van der Waals surface area contributed by atoms with Crippen molar-refractivity contribution in [3.63, 3.8) is 0 Å². The van der Waals surface area contributed by atoms with E-state index >= 15 is 0 Å². The lowest BCUT2D eigenvalue weighted by molar-refractivity contribution is -0.384. The summed E-state index contributed by atoms with van der Waals surface area (Å²) >= 11 is 2.98. The van der Waals surface area contributed by atoms with Gasteiger partial charge in [0.1, 0.15) is 5.82 Å². The smallest absolute Gasteiger partial charge is 0.269 e. The highest BCUT2D eigenvalue weighted by molar-refractivity contribution is 8.01. The molecule has 2 N–H and O–H groups in total. The zero-order chi connectivity index (χ0) is 22.8. The van der Waals surface area contributed by atoms with Gasteiger partial charge < -0.3 is 5.73 Å². The second-order valence-corrected chi connectivity index (χ2v) is 9.66. The highest BCUT2D eigenvalue weighted by atomic mass is 32.2. The molecule has 0 spiro atoms. The van der Waals surface area contributed by atoms with Crippen molar-refractivity contribution in [1.82, 2.24) is 10.2 Å². The molecule has 0 saturated heterocycles. The molecule has 4 rings (SSSR count). The SMILES string of the molecule is CCCSc1nnc(N2C(N)=C(C#N)C(c3ccc([N+](=O)[O-])cc3)C3=C2CCCC3=O)s1. The maximum absolute atomic E-state index is 13.1. The van der Waals surface area contributed by atoms with Crippen LogP contribution in [0.15, 0.2) is 51.3 Å². The molecular weight excluding hydrogens is 448 g/mol. The van der Waals surface area contributed by atoms with Crippen molar-refractivity contribution in [3.8, 4) is 6.07 Å². The zero-order valence-corrected chi connectivity index (χ0v) is 18.9. The van der Waals surface area contributed by atoms with Crippen molar-refractivity contribution >= 4 is 39.7 Å². The van der Waals surface area contributed by atoms with Gasteiger partial charge in [-0.15, -0.1) is 10.2 Å². The number of allylic oxidation sites excluding steroid dienone is 3. The van der Waals surface area contributed by atoms with E-state index in [1.807, 2.05) is 0 Å². The van der Waals surface area contributed by atoms with Crippen LogP contribution in [-0.2, 0) is 4.79 Å². The lowest BCUT2D eigenvalue weighted by atomic mass is 9.76. The number of carbonyl (C=O) groups excluding carboxylic acids is 1. The third kappa shape index (κ3) is 3.87. The van der Waals surface area contributed by atoms with Crippen LogP contribution >= 0.6 is 23.1 Å². The molecule has 164 valence electrons. The fourth-order valence-corrected chi connectivity index (χ4v) is 5.77. The van der Waals surface area contributed by atoms with Crippen molar-refractivity contribution < 1.29 is 9.72 Å². The van der Waals surface area contributed by atoms with Crippen molar-refractivity contribution in [3.05, 3.63) is 62.6 Å². The topological polar surface area (TPSA) is 139 Å². The molecule has 2 heterocycles. The van der Waals surface area contributed by atoms with Crippen LogP contribution < -0.4 is 10.6 Å². The molecule has 1 aromatic heterocycles. The van der Waals surface area contributed by atoms with Gasteiger partial charge in [0, 0.05) is 35.6 Å². The molecule has 0 saturated carbocycles. The number of hydrogen-bond acceptors (Lipinski definition) is 10. The van der Waals surface area contributed by atoms with Crippen molar-refractivity contribution in [2.24, 2.45) is 5.73 Å². The molecule has 1 aromatic carbocycles. The molecule has 1 atom stereocenters. The normalized spacial score (nSPS) is 18.6. The Balaban J connectivity index is 1.84. The fourth-order valence-electron chi connectivity index (χ4n) is 3.97. The van der Waals surface area contributed by atoms with Gasteiger partial charge in [-0.25, -0.2) is 0 Å². The van der Waals surface area contributed by atoms with E-state index in [0.29, 0.717) is 35.5 Å². The molecule has 11 heteroatoms. The van der Waals surface area contributed by atoms with E-state index in [2.05, 4.69) is 23.2 Å². The van der Waals surface area contributed by atoms with E-state index in [0.717, 1.165) is 22.2 Å². The molecule has 1 aliphatic heterocycles. The molecule has 0 bridgehead atoms. The summed E-state index contributed by atoms with van der Waals surface area (Å²) in [6.45, 7) is 2.09. The van der Waals surface area contributed by atoms with Crippen molar-refractivity contribution in [2.75, 3.05) is 10.7 Å². The van der Waals surface area contributed by atoms with Gasteiger partial charge in [0.25, 0.3) is 5.69 Å². The van der Waals surface area contributed by atoms with E-state index in [4.69, 9.17) is 5.73 Å². The molecule has 2 aliphatic rings. The number of aromatic nitrogens is 2. The first-order chi connectivity index (χ1) is 15.5. The summed E-state index contributed by atoms with van der Waals surface area (Å²) in [5.41, 5.74) is 8.52. The van der Waals surface area contributed by atoms with E-state index < -0.39 is 10.8 Å². The minimum absolute atomic E-state index is 0.0510. The van der Waals surface area contributed by atoms with Crippen LogP contribution in [0.1, 0.15) is 44.1 Å². The van der Waals surface area contributed by atoms with Gasteiger partial charge in [-0.3, -0.25) is 19.8 Å². The summed E-state index contributed by atoms with van der Waals surface area (Å²) in [6, 6.07) is 8.10. The van der Waals surface area contributed by atoms with Gasteiger partial charge >= 0.3 is 0 Å². The van der Waals surface area contributed by atoms with Crippen molar-refractivity contribution in [2.45, 2.75) is 42.9 Å². The Morgan fingerprint density at radius 3 is 2.75 bits per heavy atom. The summed E-state index contributed by atoms with van der Waals surface area (Å²) < 4.78 is 0.801. The van der Waals surface area contributed by atoms with Crippen LogP contribution in [0.25, 0.3) is 0 Å². The number of nitriles is 1. The van der Waals surface area contributed by atoms with Crippen LogP contribution in [0.4, 0.5) is 10.8 Å². The number of benzene rings is 1. The monoisotopic (exact) mass is 468 g/mol. The molecule has 2 aromatic rings. The van der Waals surface area contributed by atoms with E-state index in [-0.39, 0.29) is 22.9 Å². The number of nitro groups is 1. The highest BCUT2D eigenvalue weighted by Crippen LogP contribution is 2.47. The number of ketones is 1. The first-order valence-corrected chi connectivity index (χ1v) is 11.9. The van der Waals surface area contributed by atoms with Crippen LogP contribution in [0.2, 0.25) is 0 Å². The van der Waals surface area contributed by atoms with E-state index in [1.165, 1.54) is 23.5 Å². The Bertz CT molecular complexity index is 1180. The van der Waals surface area contributed by atoms with Gasteiger partial charge in [-0.1, -0.05) is 42.2 Å². The Labute approximate surface area is 192 Å². The quantitative estimate of drug-likeness (QED) is 0.374. The summed E-state index contributed by atoms with van der Waals surface area (Å²) in [4.78, 5) is 25.3. The predicted molar refractivity (Wildman–Crippen MR) is 122 cm³/mol. The van der Waals surface area contributed by atoms with Crippen LogP contribution in [-0.4, -0.2) is 26.7 Å². The third-order valence-corrected chi connectivity index (χ3v) is 7.61. The first-order valence-electron chi connectivity index (χ1n) is 10.1. The molecule has 9 nitrogen and oxygen atoms in total. The molecule has 0 fully saturated rings. The van der Waals surface area contributed by atoms with Crippen LogP contribution in [0.5, 0.6) is 0 Å². The maximum atomic E-state index is 13.1. The van der Waals surface area contributed by atoms with Gasteiger partial charge in [-0.2, -0.15) is 5.26 Å². The lowest BCUT2D eigenvalue weighted by Gasteiger charge is -2.38. The lowest BCUT2D eigenvalue weighted by Crippen LogP contribution is -2.38. The Morgan fingerprint density at radius 1 is 1.34 bits per heavy atom. The zero-order valence-electron chi connectivity index (χ0n) is 17.3. The summed E-state index contributed by atoms with van der Waals surface area (Å²) in [7, 11) is 0. The first kappa shape index (κ1) is 22.0. The molecule has 1 unspecified atom stereocenters. The van der Waals surface area contributed by atoms with E-state index in [1.54, 1.807) is 28.8 Å². The molecule has 0 radical (unpaired) electrons. The number of carbonyl (C=O) groups is 1. The largest absolute Gasteiger partial charge is 0.384 e. The number of hydrogen-bond donors (Lipinski definition) is 1. The van der Waals surface area contributed by atoms with Gasteiger partial charge in [-0.05, 0) is 24.8 Å². The molecule has 1 aliphatic carbocycles. The number of nitro benzene ring substituents is 1. The third-order valence-electron chi connectivity index (χ3n) is 5.37. The number of thioether (sulfide) groups is 1. The second-order valence-electron chi connectivity index (χ2n) is 7.36. The number of nitrogens with two attached hydrogens (primary N) is 1. The van der Waals surface area contributed by atoms with Gasteiger partial charge in [0.2, 0.25) is 5.13 Å². The summed E-state index contributed by atoms with van der Waals surface area (Å²) in [5, 5.41) is 30.1.